The molecule has 0 aliphatic heterocycles. The van der Waals surface area contributed by atoms with E-state index in [1.54, 1.807) is 18.1 Å². The SMILES string of the molecule is CSc1cc(NCc2c(C)nn(C)c2C)ncn1. The Balaban J connectivity index is 2.11. The van der Waals surface area contributed by atoms with Crippen LogP contribution in [0.4, 0.5) is 5.82 Å². The molecule has 0 spiro atoms. The Kier molecular flexibility index (Phi) is 3.86. The number of nitrogens with zero attached hydrogens (tertiary/aromatic N) is 4. The van der Waals surface area contributed by atoms with E-state index in [2.05, 4.69) is 27.3 Å². The third-order valence-corrected chi connectivity index (χ3v) is 3.60. The van der Waals surface area contributed by atoms with Gasteiger partial charge in [0.05, 0.1) is 5.69 Å². The van der Waals surface area contributed by atoms with E-state index in [4.69, 9.17) is 0 Å². The van der Waals surface area contributed by atoms with Gasteiger partial charge in [-0.15, -0.1) is 11.8 Å². The third kappa shape index (κ3) is 2.64. The van der Waals surface area contributed by atoms with Crippen LogP contribution in [0.2, 0.25) is 0 Å². The van der Waals surface area contributed by atoms with Gasteiger partial charge in [0.25, 0.3) is 0 Å². The van der Waals surface area contributed by atoms with Crippen LogP contribution < -0.4 is 5.32 Å². The van der Waals surface area contributed by atoms with Gasteiger partial charge in [0.1, 0.15) is 17.2 Å². The Bertz CT molecular complexity index is 549. The van der Waals surface area contributed by atoms with Gasteiger partial charge in [-0.05, 0) is 20.1 Å². The summed E-state index contributed by atoms with van der Waals surface area (Å²) < 4.78 is 1.90. The molecule has 0 aliphatic rings. The highest BCUT2D eigenvalue weighted by atomic mass is 32.2. The largest absolute Gasteiger partial charge is 0.366 e. The van der Waals surface area contributed by atoms with E-state index in [0.29, 0.717) is 0 Å². The van der Waals surface area contributed by atoms with Crippen LogP contribution in [0.25, 0.3) is 0 Å². The van der Waals surface area contributed by atoms with Gasteiger partial charge in [-0.2, -0.15) is 5.10 Å². The first-order chi connectivity index (χ1) is 8.61. The maximum atomic E-state index is 4.40. The van der Waals surface area contributed by atoms with Gasteiger partial charge in [-0.3, -0.25) is 4.68 Å². The summed E-state index contributed by atoms with van der Waals surface area (Å²) in [6.07, 6.45) is 3.58. The minimum absolute atomic E-state index is 0.732. The average molecular weight is 263 g/mol. The topological polar surface area (TPSA) is 55.6 Å². The fraction of sp³-hybridized carbons (Fsp3) is 0.417. The minimum atomic E-state index is 0.732. The second-order valence-corrected chi connectivity index (χ2v) is 4.90. The lowest BCUT2D eigenvalue weighted by atomic mass is 10.2. The predicted molar refractivity (Wildman–Crippen MR) is 73.8 cm³/mol. The molecule has 0 saturated heterocycles. The molecule has 2 aromatic heterocycles. The first-order valence-corrected chi connectivity index (χ1v) is 6.93. The first-order valence-electron chi connectivity index (χ1n) is 5.70. The summed E-state index contributed by atoms with van der Waals surface area (Å²) in [6, 6.07) is 1.95. The molecule has 0 bridgehead atoms. The van der Waals surface area contributed by atoms with E-state index >= 15 is 0 Å². The molecule has 0 aromatic carbocycles. The highest BCUT2D eigenvalue weighted by Gasteiger charge is 2.09. The van der Waals surface area contributed by atoms with Crippen LogP contribution in [0.5, 0.6) is 0 Å². The summed E-state index contributed by atoms with van der Waals surface area (Å²) >= 11 is 1.61. The number of hydrogen-bond acceptors (Lipinski definition) is 5. The summed E-state index contributed by atoms with van der Waals surface area (Å²) in [5, 5.41) is 8.67. The molecule has 0 aliphatic carbocycles. The zero-order chi connectivity index (χ0) is 13.1. The fourth-order valence-corrected chi connectivity index (χ4v) is 2.18. The zero-order valence-electron chi connectivity index (χ0n) is 11.1. The molecule has 0 saturated carbocycles. The standard InChI is InChI=1S/C12H17N5S/c1-8-10(9(2)17(3)16-8)6-13-11-5-12(18-4)15-7-14-11/h5,7H,6H2,1-4H3,(H,13,14,15). The molecule has 18 heavy (non-hydrogen) atoms. The molecule has 1 N–H and O–H groups in total. The van der Waals surface area contributed by atoms with Crippen molar-refractivity contribution < 1.29 is 0 Å². The van der Waals surface area contributed by atoms with Crippen molar-refractivity contribution in [2.45, 2.75) is 25.4 Å². The molecule has 6 heteroatoms. The van der Waals surface area contributed by atoms with E-state index in [-0.39, 0.29) is 0 Å². The highest BCUT2D eigenvalue weighted by Crippen LogP contribution is 2.16. The lowest BCUT2D eigenvalue weighted by Crippen LogP contribution is -2.04. The van der Waals surface area contributed by atoms with Crippen LogP contribution in [0.15, 0.2) is 17.4 Å². The molecule has 0 radical (unpaired) electrons. The lowest BCUT2D eigenvalue weighted by Gasteiger charge is -2.06. The molecule has 0 atom stereocenters. The molecule has 0 unspecified atom stereocenters. The second kappa shape index (κ2) is 5.39. The van der Waals surface area contributed by atoms with E-state index < -0.39 is 0 Å². The fourth-order valence-electron chi connectivity index (χ4n) is 1.80. The number of hydrogen-bond donors (Lipinski definition) is 1. The van der Waals surface area contributed by atoms with Gasteiger partial charge in [0, 0.05) is 30.9 Å². The number of thioether (sulfide) groups is 1. The quantitative estimate of drug-likeness (QED) is 0.676. The van der Waals surface area contributed by atoms with E-state index in [9.17, 15) is 0 Å². The lowest BCUT2D eigenvalue weighted by molar-refractivity contribution is 0.730. The highest BCUT2D eigenvalue weighted by molar-refractivity contribution is 7.98. The molecule has 2 heterocycles. The van der Waals surface area contributed by atoms with Crippen molar-refractivity contribution in [3.05, 3.63) is 29.3 Å². The molecular weight excluding hydrogens is 246 g/mol. The third-order valence-electron chi connectivity index (χ3n) is 2.96. The molecule has 5 nitrogen and oxygen atoms in total. The molecule has 2 rings (SSSR count). The normalized spacial score (nSPS) is 10.7. The number of anilines is 1. The van der Waals surface area contributed by atoms with Crippen molar-refractivity contribution in [3.8, 4) is 0 Å². The van der Waals surface area contributed by atoms with Gasteiger partial charge in [-0.25, -0.2) is 9.97 Å². The monoisotopic (exact) mass is 263 g/mol. The summed E-state index contributed by atoms with van der Waals surface area (Å²) in [4.78, 5) is 8.35. The maximum Gasteiger partial charge on any atom is 0.130 e. The van der Waals surface area contributed by atoms with Crippen molar-refractivity contribution in [3.63, 3.8) is 0 Å². The van der Waals surface area contributed by atoms with Crippen molar-refractivity contribution in [2.24, 2.45) is 7.05 Å². The summed E-state index contributed by atoms with van der Waals surface area (Å²) in [5.41, 5.74) is 3.46. The van der Waals surface area contributed by atoms with Gasteiger partial charge < -0.3 is 5.32 Å². The Morgan fingerprint density at radius 3 is 2.72 bits per heavy atom. The van der Waals surface area contributed by atoms with Crippen molar-refractivity contribution in [2.75, 3.05) is 11.6 Å². The Labute approximate surface area is 111 Å². The average Bonchev–Trinajstić information content (AvgIpc) is 2.61. The van der Waals surface area contributed by atoms with E-state index in [0.717, 1.165) is 23.1 Å². The zero-order valence-corrected chi connectivity index (χ0v) is 11.9. The molecule has 2 aromatic rings. The minimum Gasteiger partial charge on any atom is -0.366 e. The predicted octanol–water partition coefficient (Wildman–Crippen LogP) is 2.16. The van der Waals surface area contributed by atoms with Crippen LogP contribution in [0.3, 0.4) is 0 Å². The van der Waals surface area contributed by atoms with Crippen LogP contribution in [-0.2, 0) is 13.6 Å². The molecule has 0 fully saturated rings. The summed E-state index contributed by atoms with van der Waals surface area (Å²) in [6.45, 7) is 4.83. The van der Waals surface area contributed by atoms with Gasteiger partial charge in [0.15, 0.2) is 0 Å². The smallest absolute Gasteiger partial charge is 0.130 e. The summed E-state index contributed by atoms with van der Waals surface area (Å²) in [7, 11) is 1.96. The van der Waals surface area contributed by atoms with Crippen LogP contribution >= 0.6 is 11.8 Å². The summed E-state index contributed by atoms with van der Waals surface area (Å²) in [5.74, 6) is 0.844. The number of rotatable bonds is 4. The van der Waals surface area contributed by atoms with Gasteiger partial charge >= 0.3 is 0 Å². The second-order valence-electron chi connectivity index (χ2n) is 4.07. The van der Waals surface area contributed by atoms with Crippen LogP contribution in [-0.4, -0.2) is 26.0 Å². The molecular formula is C12H17N5S. The van der Waals surface area contributed by atoms with Crippen LogP contribution in [0, 0.1) is 13.8 Å². The van der Waals surface area contributed by atoms with E-state index in [1.807, 2.05) is 31.0 Å². The Morgan fingerprint density at radius 2 is 2.11 bits per heavy atom. The molecule has 96 valence electrons. The van der Waals surface area contributed by atoms with E-state index in [1.165, 1.54) is 11.3 Å². The van der Waals surface area contributed by atoms with Gasteiger partial charge in [0.2, 0.25) is 0 Å². The van der Waals surface area contributed by atoms with Gasteiger partial charge in [-0.1, -0.05) is 0 Å². The number of aromatic nitrogens is 4. The number of nitrogens with one attached hydrogen (secondary N) is 1. The Morgan fingerprint density at radius 1 is 1.33 bits per heavy atom. The van der Waals surface area contributed by atoms with Crippen molar-refractivity contribution >= 4 is 17.6 Å². The number of aryl methyl sites for hydroxylation is 2. The maximum absolute atomic E-state index is 4.40. The first kappa shape index (κ1) is 12.9. The van der Waals surface area contributed by atoms with Crippen LogP contribution in [0.1, 0.15) is 17.0 Å². The van der Waals surface area contributed by atoms with Crippen molar-refractivity contribution in [1.29, 1.82) is 0 Å². The Hall–Kier alpha value is -1.56. The molecule has 0 amide bonds. The van der Waals surface area contributed by atoms with Crippen molar-refractivity contribution in [1.82, 2.24) is 19.7 Å².